The first kappa shape index (κ1) is 33.9. The molecule has 0 saturated heterocycles. The maximum atomic E-state index is 13.1. The lowest BCUT2D eigenvalue weighted by Gasteiger charge is -2.37. The molecule has 1 aliphatic rings. The highest BCUT2D eigenvalue weighted by atomic mass is 16.5. The molecule has 0 heterocycles. The lowest BCUT2D eigenvalue weighted by molar-refractivity contribution is -0.175. The second-order valence-electron chi connectivity index (χ2n) is 10.4. The average molecular weight is 541 g/mol. The van der Waals surface area contributed by atoms with Crippen LogP contribution in [0.2, 0.25) is 0 Å². The van der Waals surface area contributed by atoms with Crippen molar-refractivity contribution < 1.29 is 38.1 Å². The molecule has 220 valence electrons. The first-order valence-corrected chi connectivity index (χ1v) is 15.1. The van der Waals surface area contributed by atoms with Crippen molar-refractivity contribution in [3.05, 3.63) is 0 Å². The summed E-state index contributed by atoms with van der Waals surface area (Å²) in [7, 11) is 0. The molecule has 1 fully saturated rings. The van der Waals surface area contributed by atoms with Crippen LogP contribution in [0.3, 0.4) is 0 Å². The van der Waals surface area contributed by atoms with Crippen molar-refractivity contribution in [2.45, 2.75) is 118 Å². The Labute approximate surface area is 229 Å². The van der Waals surface area contributed by atoms with Crippen molar-refractivity contribution in [2.75, 3.05) is 26.4 Å². The number of ether oxygens (including phenoxy) is 4. The Hall–Kier alpha value is -2.12. The molecule has 38 heavy (non-hydrogen) atoms. The zero-order valence-electron chi connectivity index (χ0n) is 24.3. The topological polar surface area (TPSA) is 105 Å². The average Bonchev–Trinajstić information content (AvgIpc) is 2.92. The first-order valence-electron chi connectivity index (χ1n) is 15.1. The van der Waals surface area contributed by atoms with Gasteiger partial charge in [0.25, 0.3) is 0 Å². The van der Waals surface area contributed by atoms with Gasteiger partial charge in [-0.1, -0.05) is 79.1 Å². The first-order chi connectivity index (χ1) is 18.4. The number of esters is 4. The Morgan fingerprint density at radius 1 is 0.421 bits per heavy atom. The van der Waals surface area contributed by atoms with Crippen LogP contribution in [0, 0.1) is 23.7 Å². The molecule has 0 spiro atoms. The molecule has 0 aliphatic heterocycles. The Morgan fingerprint density at radius 3 is 0.816 bits per heavy atom. The molecular weight excluding hydrogens is 488 g/mol. The summed E-state index contributed by atoms with van der Waals surface area (Å²) in [5.41, 5.74) is 0. The lowest BCUT2D eigenvalue weighted by Crippen LogP contribution is -2.46. The second kappa shape index (κ2) is 20.8. The van der Waals surface area contributed by atoms with Crippen LogP contribution in [0.4, 0.5) is 0 Å². The number of carbonyl (C=O) groups is 4. The van der Waals surface area contributed by atoms with Gasteiger partial charge in [0.2, 0.25) is 0 Å². The zero-order valence-corrected chi connectivity index (χ0v) is 24.3. The Morgan fingerprint density at radius 2 is 0.632 bits per heavy atom. The predicted molar refractivity (Wildman–Crippen MR) is 145 cm³/mol. The van der Waals surface area contributed by atoms with E-state index in [2.05, 4.69) is 27.7 Å². The molecule has 0 aromatic carbocycles. The molecule has 0 radical (unpaired) electrons. The van der Waals surface area contributed by atoms with Gasteiger partial charge in [-0.25, -0.2) is 0 Å². The predicted octanol–water partition coefficient (Wildman–Crippen LogP) is 6.18. The van der Waals surface area contributed by atoms with Gasteiger partial charge in [0, 0.05) is 0 Å². The van der Waals surface area contributed by atoms with Crippen molar-refractivity contribution in [1.29, 1.82) is 0 Å². The van der Waals surface area contributed by atoms with E-state index >= 15 is 0 Å². The summed E-state index contributed by atoms with van der Waals surface area (Å²) < 4.78 is 22.1. The van der Waals surface area contributed by atoms with Crippen LogP contribution >= 0.6 is 0 Å². The monoisotopic (exact) mass is 540 g/mol. The lowest BCUT2D eigenvalue weighted by atomic mass is 9.68. The summed E-state index contributed by atoms with van der Waals surface area (Å²) in [5, 5.41) is 0. The van der Waals surface area contributed by atoms with Crippen LogP contribution in [0.25, 0.3) is 0 Å². The fourth-order valence-electron chi connectivity index (χ4n) is 4.77. The Kier molecular flexibility index (Phi) is 18.6. The minimum atomic E-state index is -0.868. The van der Waals surface area contributed by atoms with Crippen LogP contribution in [0.15, 0.2) is 0 Å². The minimum absolute atomic E-state index is 0.00265. The molecule has 1 saturated carbocycles. The summed E-state index contributed by atoms with van der Waals surface area (Å²) in [6.45, 7) is 9.29. The zero-order chi connectivity index (χ0) is 28.2. The molecule has 1 aliphatic carbocycles. The SMILES string of the molecule is CCCCCOC(=O)C1CC(C(=O)OCCCCC)C(C(=O)OCCCCC)CC1C(=O)OCCCCC. The highest BCUT2D eigenvalue weighted by Crippen LogP contribution is 2.41. The van der Waals surface area contributed by atoms with Crippen LogP contribution < -0.4 is 0 Å². The standard InChI is InChI=1S/C30H52O8/c1-5-9-13-17-35-27(31)23-21-25(29(33)37-19-15-11-7-3)26(30(34)38-20-16-12-8-4)22-24(23)28(32)36-18-14-10-6-2/h23-26H,5-22H2,1-4H3. The fourth-order valence-corrected chi connectivity index (χ4v) is 4.77. The van der Waals surface area contributed by atoms with Gasteiger partial charge in [-0.2, -0.15) is 0 Å². The number of unbranched alkanes of at least 4 members (excludes halogenated alkanes) is 8. The van der Waals surface area contributed by atoms with E-state index < -0.39 is 47.5 Å². The maximum absolute atomic E-state index is 13.1. The molecular formula is C30H52O8. The van der Waals surface area contributed by atoms with E-state index in [1.54, 1.807) is 0 Å². The smallest absolute Gasteiger partial charge is 0.309 e. The van der Waals surface area contributed by atoms with E-state index in [-0.39, 0.29) is 39.3 Å². The minimum Gasteiger partial charge on any atom is -0.465 e. The Bertz CT molecular complexity index is 578. The van der Waals surface area contributed by atoms with Gasteiger partial charge in [-0.15, -0.1) is 0 Å². The third-order valence-corrected chi connectivity index (χ3v) is 7.17. The van der Waals surface area contributed by atoms with Crippen molar-refractivity contribution in [2.24, 2.45) is 23.7 Å². The van der Waals surface area contributed by atoms with Crippen LogP contribution in [0.1, 0.15) is 118 Å². The van der Waals surface area contributed by atoms with E-state index in [1.165, 1.54) is 0 Å². The summed E-state index contributed by atoms with van der Waals surface area (Å²) in [4.78, 5) is 52.6. The third-order valence-electron chi connectivity index (χ3n) is 7.17. The van der Waals surface area contributed by atoms with E-state index in [1.807, 2.05) is 0 Å². The van der Waals surface area contributed by atoms with Gasteiger partial charge in [-0.05, 0) is 38.5 Å². The van der Waals surface area contributed by atoms with Gasteiger partial charge in [0.1, 0.15) is 0 Å². The molecule has 4 unspecified atom stereocenters. The largest absolute Gasteiger partial charge is 0.465 e. The summed E-state index contributed by atoms with van der Waals surface area (Å²) in [5.74, 6) is -5.55. The van der Waals surface area contributed by atoms with Gasteiger partial charge >= 0.3 is 23.9 Å². The van der Waals surface area contributed by atoms with E-state index in [9.17, 15) is 19.2 Å². The van der Waals surface area contributed by atoms with Crippen LogP contribution in [-0.2, 0) is 38.1 Å². The van der Waals surface area contributed by atoms with Gasteiger partial charge < -0.3 is 18.9 Å². The molecule has 0 N–H and O–H groups in total. The van der Waals surface area contributed by atoms with Crippen LogP contribution in [0.5, 0.6) is 0 Å². The van der Waals surface area contributed by atoms with Gasteiger partial charge in [0.05, 0.1) is 50.1 Å². The normalized spacial score (nSPS) is 20.9. The molecule has 0 aromatic rings. The maximum Gasteiger partial charge on any atom is 0.309 e. The molecule has 4 atom stereocenters. The van der Waals surface area contributed by atoms with E-state index in [4.69, 9.17) is 18.9 Å². The summed E-state index contributed by atoms with van der Waals surface area (Å²) >= 11 is 0. The highest BCUT2D eigenvalue weighted by Gasteiger charge is 2.51. The van der Waals surface area contributed by atoms with Crippen molar-refractivity contribution in [3.63, 3.8) is 0 Å². The second-order valence-corrected chi connectivity index (χ2v) is 10.4. The molecule has 1 rings (SSSR count). The molecule has 0 bridgehead atoms. The van der Waals surface area contributed by atoms with Crippen molar-refractivity contribution >= 4 is 23.9 Å². The van der Waals surface area contributed by atoms with Crippen LogP contribution in [-0.4, -0.2) is 50.3 Å². The number of hydrogen-bond acceptors (Lipinski definition) is 8. The van der Waals surface area contributed by atoms with Crippen molar-refractivity contribution in [3.8, 4) is 0 Å². The van der Waals surface area contributed by atoms with Gasteiger partial charge in [-0.3, -0.25) is 19.2 Å². The molecule has 8 nitrogen and oxygen atoms in total. The van der Waals surface area contributed by atoms with E-state index in [0.717, 1.165) is 77.0 Å². The van der Waals surface area contributed by atoms with E-state index in [0.29, 0.717) is 0 Å². The number of carbonyl (C=O) groups excluding carboxylic acids is 4. The summed E-state index contributed by atoms with van der Waals surface area (Å²) in [6.07, 6.45) is 10.6. The summed E-state index contributed by atoms with van der Waals surface area (Å²) in [6, 6.07) is 0. The Balaban J connectivity index is 3.10. The van der Waals surface area contributed by atoms with Crippen molar-refractivity contribution in [1.82, 2.24) is 0 Å². The highest BCUT2D eigenvalue weighted by molar-refractivity contribution is 5.87. The van der Waals surface area contributed by atoms with Gasteiger partial charge in [0.15, 0.2) is 0 Å². The molecule has 0 amide bonds. The molecule has 8 heteroatoms. The quantitative estimate of drug-likeness (QED) is 0.102. The number of rotatable bonds is 20. The fraction of sp³-hybridized carbons (Fsp3) is 0.867. The number of hydrogen-bond donors (Lipinski definition) is 0. The third kappa shape index (κ3) is 12.6. The molecule has 0 aromatic heterocycles.